The maximum Gasteiger partial charge on any atom is 0.257 e. The third-order valence-electron chi connectivity index (χ3n) is 6.20. The van der Waals surface area contributed by atoms with Gasteiger partial charge in [0.1, 0.15) is 11.6 Å². The molecular weight excluding hydrogens is 461 g/mol. The van der Waals surface area contributed by atoms with E-state index >= 15 is 0 Å². The molecule has 0 aliphatic carbocycles. The van der Waals surface area contributed by atoms with Crippen molar-refractivity contribution in [2.24, 2.45) is 0 Å². The first-order valence-electron chi connectivity index (χ1n) is 11.0. The molecule has 7 nitrogen and oxygen atoms in total. The van der Waals surface area contributed by atoms with Crippen LogP contribution in [0.3, 0.4) is 0 Å². The Morgan fingerprint density at radius 3 is 2.40 bits per heavy atom. The van der Waals surface area contributed by atoms with E-state index in [0.717, 1.165) is 0 Å². The molecule has 1 aliphatic rings. The van der Waals surface area contributed by atoms with Crippen molar-refractivity contribution < 1.29 is 27.5 Å². The number of carbonyl (C=O) groups is 2. The highest BCUT2D eigenvalue weighted by molar-refractivity contribution is 6.09. The highest BCUT2D eigenvalue weighted by Gasteiger charge is 2.46. The minimum Gasteiger partial charge on any atom is -0.619 e. The van der Waals surface area contributed by atoms with E-state index in [0.29, 0.717) is 15.9 Å². The number of likely N-dealkylation sites (tertiary alicyclic amines) is 1. The zero-order valence-electron chi connectivity index (χ0n) is 18.8. The highest BCUT2D eigenvalue weighted by atomic mass is 19.3. The number of nitrogens with one attached hydrogen (secondary N) is 1. The van der Waals surface area contributed by atoms with Gasteiger partial charge in [-0.3, -0.25) is 14.5 Å². The van der Waals surface area contributed by atoms with Crippen LogP contribution in [0.25, 0.3) is 0 Å². The predicted molar refractivity (Wildman–Crippen MR) is 121 cm³/mol. The average Bonchev–Trinajstić information content (AvgIpc) is 2.85. The lowest BCUT2D eigenvalue weighted by Gasteiger charge is -2.40. The second kappa shape index (κ2) is 9.83. The molecule has 3 aromatic rings. The number of anilines is 1. The van der Waals surface area contributed by atoms with Crippen molar-refractivity contribution in [2.75, 3.05) is 18.4 Å². The number of benzene rings is 1. The van der Waals surface area contributed by atoms with Gasteiger partial charge in [-0.05, 0) is 48.9 Å². The van der Waals surface area contributed by atoms with Gasteiger partial charge >= 0.3 is 0 Å². The average molecular weight is 484 g/mol. The van der Waals surface area contributed by atoms with Gasteiger partial charge in [0, 0.05) is 49.0 Å². The molecule has 2 aromatic heterocycles. The summed E-state index contributed by atoms with van der Waals surface area (Å²) in [7, 11) is 0. The molecule has 35 heavy (non-hydrogen) atoms. The molecule has 1 aliphatic heterocycles. The monoisotopic (exact) mass is 484 g/mol. The zero-order chi connectivity index (χ0) is 25.2. The number of ketones is 1. The summed E-state index contributed by atoms with van der Waals surface area (Å²) in [6.45, 7) is 1.60. The number of aromatic nitrogens is 2. The van der Waals surface area contributed by atoms with Crippen LogP contribution in [0, 0.1) is 11.0 Å². The molecule has 0 radical (unpaired) electrons. The lowest BCUT2D eigenvalue weighted by molar-refractivity contribution is -0.605. The Balaban J connectivity index is 1.40. The van der Waals surface area contributed by atoms with Gasteiger partial charge in [-0.25, -0.2) is 18.2 Å². The fourth-order valence-corrected chi connectivity index (χ4v) is 4.05. The van der Waals surface area contributed by atoms with Crippen molar-refractivity contribution in [3.05, 3.63) is 94.8 Å². The summed E-state index contributed by atoms with van der Waals surface area (Å²) in [5, 5.41) is 13.9. The normalized spacial score (nSPS) is 18.6. The van der Waals surface area contributed by atoms with Crippen molar-refractivity contribution >= 4 is 17.5 Å². The van der Waals surface area contributed by atoms with Gasteiger partial charge in [0.2, 0.25) is 5.91 Å². The summed E-state index contributed by atoms with van der Waals surface area (Å²) in [5.74, 6) is -5.12. The van der Waals surface area contributed by atoms with Crippen LogP contribution < -0.4 is 10.0 Å². The molecule has 2 atom stereocenters. The minimum atomic E-state index is -2.96. The molecule has 182 valence electrons. The standard InChI is InChI=1S/C25H23F3N4O3/c1-16(31-13-10-25(27,28)21(15-31)17-8-11-32(35)12-9-17)24(34)30-22-7-4-19(14-29-22)23(33)18-2-5-20(26)6-3-18/h2-9,11-12,14,16,21H,10,13,15H2,1H3,(H,29,30,34)/t16-,21+/m0/s1. The lowest BCUT2D eigenvalue weighted by atomic mass is 9.87. The molecule has 0 unspecified atom stereocenters. The molecule has 1 aromatic carbocycles. The topological polar surface area (TPSA) is 89.2 Å². The molecule has 3 heterocycles. The Morgan fingerprint density at radius 2 is 1.77 bits per heavy atom. The van der Waals surface area contributed by atoms with Gasteiger partial charge in [-0.1, -0.05) is 0 Å². The summed E-state index contributed by atoms with van der Waals surface area (Å²) in [6.07, 6.45) is 3.24. The number of amides is 1. The Hall–Kier alpha value is -3.79. The Morgan fingerprint density at radius 1 is 1.11 bits per heavy atom. The van der Waals surface area contributed by atoms with E-state index in [-0.39, 0.29) is 30.3 Å². The summed E-state index contributed by atoms with van der Waals surface area (Å²) in [5.41, 5.74) is 0.909. The molecule has 1 saturated heterocycles. The van der Waals surface area contributed by atoms with Crippen LogP contribution in [0.2, 0.25) is 0 Å². The van der Waals surface area contributed by atoms with Crippen LogP contribution in [0.15, 0.2) is 67.1 Å². The number of nitrogens with zero attached hydrogens (tertiary/aromatic N) is 3. The van der Waals surface area contributed by atoms with Gasteiger partial charge in [0.25, 0.3) is 5.92 Å². The number of alkyl halides is 2. The van der Waals surface area contributed by atoms with Crippen LogP contribution in [-0.4, -0.2) is 46.6 Å². The lowest BCUT2D eigenvalue weighted by Crippen LogP contribution is -2.52. The van der Waals surface area contributed by atoms with Crippen molar-refractivity contribution in [1.82, 2.24) is 9.88 Å². The quantitative estimate of drug-likeness (QED) is 0.329. The molecule has 10 heteroatoms. The molecule has 1 amide bonds. The van der Waals surface area contributed by atoms with Crippen LogP contribution in [0.4, 0.5) is 19.0 Å². The second-order valence-corrected chi connectivity index (χ2v) is 8.48. The number of rotatable bonds is 6. The summed E-state index contributed by atoms with van der Waals surface area (Å²) >= 11 is 0. The second-order valence-electron chi connectivity index (χ2n) is 8.48. The maximum absolute atomic E-state index is 14.6. The van der Waals surface area contributed by atoms with Crippen molar-refractivity contribution in [3.63, 3.8) is 0 Å². The van der Waals surface area contributed by atoms with E-state index in [2.05, 4.69) is 10.3 Å². The smallest absolute Gasteiger partial charge is 0.257 e. The Kier molecular flexibility index (Phi) is 6.83. The fraction of sp³-hybridized carbons (Fsp3) is 0.280. The number of hydrogen-bond acceptors (Lipinski definition) is 5. The highest BCUT2D eigenvalue weighted by Crippen LogP contribution is 2.40. The number of halogens is 3. The third-order valence-corrected chi connectivity index (χ3v) is 6.20. The van der Waals surface area contributed by atoms with Crippen molar-refractivity contribution in [3.8, 4) is 0 Å². The van der Waals surface area contributed by atoms with Gasteiger partial charge in [0.15, 0.2) is 18.2 Å². The predicted octanol–water partition coefficient (Wildman–Crippen LogP) is 3.54. The van der Waals surface area contributed by atoms with Gasteiger partial charge in [-0.15, -0.1) is 0 Å². The number of hydrogen-bond donors (Lipinski definition) is 1. The first kappa shape index (κ1) is 24.3. The number of carbonyl (C=O) groups excluding carboxylic acids is 2. The largest absolute Gasteiger partial charge is 0.619 e. The first-order valence-corrected chi connectivity index (χ1v) is 11.0. The van der Waals surface area contributed by atoms with E-state index in [1.54, 1.807) is 11.8 Å². The third kappa shape index (κ3) is 5.48. The van der Waals surface area contributed by atoms with E-state index in [4.69, 9.17) is 0 Å². The molecule has 1 N–H and O–H groups in total. The SMILES string of the molecule is C[C@@H](C(=O)Nc1ccc(C(=O)c2ccc(F)cc2)cn1)N1CCC(F)(F)[C@@H](c2cc[n+]([O-])cc2)C1. The molecule has 1 fully saturated rings. The van der Waals surface area contributed by atoms with Gasteiger partial charge < -0.3 is 10.5 Å². The zero-order valence-corrected chi connectivity index (χ0v) is 18.8. The Labute approximate surface area is 199 Å². The van der Waals surface area contributed by atoms with Crippen LogP contribution >= 0.6 is 0 Å². The van der Waals surface area contributed by atoms with E-state index in [1.165, 1.54) is 67.1 Å². The van der Waals surface area contributed by atoms with E-state index in [1.807, 2.05) is 0 Å². The number of piperidine rings is 1. The fourth-order valence-electron chi connectivity index (χ4n) is 4.05. The summed E-state index contributed by atoms with van der Waals surface area (Å²) < 4.78 is 42.8. The van der Waals surface area contributed by atoms with Crippen LogP contribution in [0.5, 0.6) is 0 Å². The van der Waals surface area contributed by atoms with Crippen LogP contribution in [-0.2, 0) is 4.79 Å². The molecular formula is C25H23F3N4O3. The van der Waals surface area contributed by atoms with Crippen LogP contribution in [0.1, 0.15) is 40.7 Å². The van der Waals surface area contributed by atoms with E-state index in [9.17, 15) is 28.0 Å². The summed E-state index contributed by atoms with van der Waals surface area (Å²) in [6, 6.07) is 10.1. The van der Waals surface area contributed by atoms with E-state index < -0.39 is 36.0 Å². The van der Waals surface area contributed by atoms with Gasteiger partial charge in [-0.2, -0.15) is 4.73 Å². The first-order chi connectivity index (χ1) is 16.6. The number of pyridine rings is 2. The van der Waals surface area contributed by atoms with Crippen molar-refractivity contribution in [1.29, 1.82) is 0 Å². The molecule has 4 rings (SSSR count). The molecule has 0 bridgehead atoms. The minimum absolute atomic E-state index is 0.0328. The van der Waals surface area contributed by atoms with Gasteiger partial charge in [0.05, 0.1) is 12.0 Å². The van der Waals surface area contributed by atoms with Crippen molar-refractivity contribution in [2.45, 2.75) is 31.2 Å². The Bertz CT molecular complexity index is 1200. The summed E-state index contributed by atoms with van der Waals surface area (Å²) in [4.78, 5) is 31.1. The molecule has 0 spiro atoms. The maximum atomic E-state index is 14.6. The molecule has 0 saturated carbocycles.